The molecular formula is C15H19BrN2O2. The van der Waals surface area contributed by atoms with Gasteiger partial charge in [-0.2, -0.15) is 5.10 Å². The normalized spacial score (nSPS) is 12.4. The average Bonchev–Trinajstić information content (AvgIpc) is 2.80. The first kappa shape index (κ1) is 15.1. The Hall–Kier alpha value is -1.33. The molecule has 0 spiro atoms. The molecule has 0 aliphatic carbocycles. The van der Waals surface area contributed by atoms with E-state index in [0.717, 1.165) is 28.0 Å². The highest BCUT2D eigenvalue weighted by Gasteiger charge is 2.17. The molecule has 0 amide bonds. The maximum absolute atomic E-state index is 10.3. The summed E-state index contributed by atoms with van der Waals surface area (Å²) < 4.78 is 8.29. The summed E-state index contributed by atoms with van der Waals surface area (Å²) in [6.45, 7) is 5.22. The minimum Gasteiger partial charge on any atom is -0.493 e. The van der Waals surface area contributed by atoms with Crippen molar-refractivity contribution in [2.75, 3.05) is 6.61 Å². The van der Waals surface area contributed by atoms with E-state index in [1.54, 1.807) is 10.9 Å². The molecule has 4 nitrogen and oxygen atoms in total. The van der Waals surface area contributed by atoms with Crippen LogP contribution in [0, 0.1) is 6.92 Å². The number of aliphatic hydroxyl groups excluding tert-OH is 1. The topological polar surface area (TPSA) is 47.3 Å². The molecule has 1 aromatic heterocycles. The van der Waals surface area contributed by atoms with Gasteiger partial charge in [0.2, 0.25) is 0 Å². The monoisotopic (exact) mass is 338 g/mol. The van der Waals surface area contributed by atoms with Gasteiger partial charge in [0.25, 0.3) is 0 Å². The fraction of sp³-hybridized carbons (Fsp3) is 0.400. The van der Waals surface area contributed by atoms with Crippen molar-refractivity contribution < 1.29 is 9.84 Å². The number of ether oxygens (including phenoxy) is 1. The molecule has 0 aliphatic heterocycles. The van der Waals surface area contributed by atoms with Crippen LogP contribution in [0.5, 0.6) is 5.75 Å². The SMILES string of the molecule is CCn1ncc(Br)c1C(O)CCOc1cccc(C)c1. The van der Waals surface area contributed by atoms with E-state index >= 15 is 0 Å². The van der Waals surface area contributed by atoms with Crippen LogP contribution in [0.15, 0.2) is 34.9 Å². The molecule has 1 atom stereocenters. The van der Waals surface area contributed by atoms with E-state index in [-0.39, 0.29) is 0 Å². The van der Waals surface area contributed by atoms with Gasteiger partial charge in [0.15, 0.2) is 0 Å². The van der Waals surface area contributed by atoms with Crippen LogP contribution in [0.2, 0.25) is 0 Å². The summed E-state index contributed by atoms with van der Waals surface area (Å²) >= 11 is 3.42. The van der Waals surface area contributed by atoms with Crippen molar-refractivity contribution in [1.82, 2.24) is 9.78 Å². The summed E-state index contributed by atoms with van der Waals surface area (Å²) in [6.07, 6.45) is 1.65. The van der Waals surface area contributed by atoms with E-state index in [2.05, 4.69) is 21.0 Å². The fourth-order valence-corrected chi connectivity index (χ4v) is 2.65. The quantitative estimate of drug-likeness (QED) is 0.877. The molecule has 108 valence electrons. The van der Waals surface area contributed by atoms with Gasteiger partial charge in [0.1, 0.15) is 11.9 Å². The Morgan fingerprint density at radius 2 is 2.25 bits per heavy atom. The molecule has 2 rings (SSSR count). The second kappa shape index (κ2) is 6.90. The Bertz CT molecular complexity index is 569. The van der Waals surface area contributed by atoms with Gasteiger partial charge >= 0.3 is 0 Å². The number of aliphatic hydroxyl groups is 1. The van der Waals surface area contributed by atoms with E-state index < -0.39 is 6.10 Å². The lowest BCUT2D eigenvalue weighted by molar-refractivity contribution is 0.131. The van der Waals surface area contributed by atoms with Gasteiger partial charge in [-0.3, -0.25) is 4.68 Å². The molecule has 2 aromatic rings. The smallest absolute Gasteiger partial charge is 0.119 e. The first-order valence-electron chi connectivity index (χ1n) is 6.70. The average molecular weight is 339 g/mol. The van der Waals surface area contributed by atoms with Crippen molar-refractivity contribution in [3.63, 3.8) is 0 Å². The molecule has 1 heterocycles. The van der Waals surface area contributed by atoms with Crippen LogP contribution in [-0.2, 0) is 6.54 Å². The lowest BCUT2D eigenvalue weighted by atomic mass is 10.2. The Labute approximate surface area is 127 Å². The van der Waals surface area contributed by atoms with Crippen molar-refractivity contribution in [2.45, 2.75) is 32.9 Å². The maximum Gasteiger partial charge on any atom is 0.119 e. The molecule has 0 saturated heterocycles. The van der Waals surface area contributed by atoms with Crippen molar-refractivity contribution >= 4 is 15.9 Å². The van der Waals surface area contributed by atoms with Gasteiger partial charge in [-0.25, -0.2) is 0 Å². The molecule has 20 heavy (non-hydrogen) atoms. The van der Waals surface area contributed by atoms with Gasteiger partial charge in [-0.1, -0.05) is 12.1 Å². The number of rotatable bonds is 6. The standard InChI is InChI=1S/C15H19BrN2O2/c1-3-18-15(13(16)10-17-18)14(19)7-8-20-12-6-4-5-11(2)9-12/h4-6,9-10,14,19H,3,7-8H2,1-2H3. The van der Waals surface area contributed by atoms with E-state index in [1.807, 2.05) is 38.1 Å². The lowest BCUT2D eigenvalue weighted by Crippen LogP contribution is -2.11. The molecule has 1 unspecified atom stereocenters. The minimum atomic E-state index is -0.586. The van der Waals surface area contributed by atoms with Crippen LogP contribution >= 0.6 is 15.9 Å². The summed E-state index contributed by atoms with van der Waals surface area (Å²) in [5.74, 6) is 0.834. The zero-order valence-electron chi connectivity index (χ0n) is 11.7. The number of hydrogen-bond acceptors (Lipinski definition) is 3. The highest BCUT2D eigenvalue weighted by Crippen LogP contribution is 2.25. The van der Waals surface area contributed by atoms with Gasteiger partial charge in [-0.05, 0) is 47.5 Å². The van der Waals surface area contributed by atoms with E-state index in [9.17, 15) is 5.11 Å². The van der Waals surface area contributed by atoms with E-state index in [1.165, 1.54) is 0 Å². The number of hydrogen-bond donors (Lipinski definition) is 1. The van der Waals surface area contributed by atoms with Gasteiger partial charge in [0, 0.05) is 13.0 Å². The van der Waals surface area contributed by atoms with Crippen LogP contribution in [0.3, 0.4) is 0 Å². The summed E-state index contributed by atoms with van der Waals surface area (Å²) in [4.78, 5) is 0. The third-order valence-corrected chi connectivity index (χ3v) is 3.71. The summed E-state index contributed by atoms with van der Waals surface area (Å²) in [5.41, 5.74) is 1.97. The van der Waals surface area contributed by atoms with Crippen LogP contribution < -0.4 is 4.74 Å². The number of aryl methyl sites for hydroxylation is 2. The zero-order valence-corrected chi connectivity index (χ0v) is 13.3. The van der Waals surface area contributed by atoms with Crippen LogP contribution in [0.1, 0.15) is 30.7 Å². The van der Waals surface area contributed by atoms with Crippen LogP contribution in [0.4, 0.5) is 0 Å². The number of halogens is 1. The Morgan fingerprint density at radius 1 is 1.45 bits per heavy atom. The molecule has 0 aliphatic rings. The lowest BCUT2D eigenvalue weighted by Gasteiger charge is -2.14. The van der Waals surface area contributed by atoms with Crippen molar-refractivity contribution in [3.8, 4) is 5.75 Å². The Balaban J connectivity index is 1.92. The second-order valence-corrected chi connectivity index (χ2v) is 5.52. The predicted molar refractivity (Wildman–Crippen MR) is 81.9 cm³/mol. The first-order valence-corrected chi connectivity index (χ1v) is 7.50. The molecule has 0 bridgehead atoms. The highest BCUT2D eigenvalue weighted by molar-refractivity contribution is 9.10. The number of nitrogens with zero attached hydrogens (tertiary/aromatic N) is 2. The van der Waals surface area contributed by atoms with Gasteiger partial charge in [0.05, 0.1) is 23.0 Å². The number of aromatic nitrogens is 2. The van der Waals surface area contributed by atoms with E-state index in [4.69, 9.17) is 4.74 Å². The fourth-order valence-electron chi connectivity index (χ4n) is 2.09. The molecular weight excluding hydrogens is 320 g/mol. The number of benzene rings is 1. The van der Waals surface area contributed by atoms with Crippen LogP contribution in [0.25, 0.3) is 0 Å². The third kappa shape index (κ3) is 3.61. The Morgan fingerprint density at radius 3 is 2.95 bits per heavy atom. The summed E-state index contributed by atoms with van der Waals surface area (Å²) in [7, 11) is 0. The molecule has 1 aromatic carbocycles. The van der Waals surface area contributed by atoms with Crippen molar-refractivity contribution in [3.05, 3.63) is 46.2 Å². The predicted octanol–water partition coefficient (Wildman–Crippen LogP) is 3.48. The van der Waals surface area contributed by atoms with Crippen molar-refractivity contribution in [2.24, 2.45) is 0 Å². The molecule has 5 heteroatoms. The second-order valence-electron chi connectivity index (χ2n) is 4.66. The third-order valence-electron chi connectivity index (χ3n) is 3.10. The molecule has 0 fully saturated rings. The van der Waals surface area contributed by atoms with E-state index in [0.29, 0.717) is 13.0 Å². The minimum absolute atomic E-state index is 0.464. The zero-order chi connectivity index (χ0) is 14.5. The largest absolute Gasteiger partial charge is 0.493 e. The first-order chi connectivity index (χ1) is 9.61. The van der Waals surface area contributed by atoms with Crippen LogP contribution in [-0.4, -0.2) is 21.5 Å². The summed E-state index contributed by atoms with van der Waals surface area (Å²) in [6, 6.07) is 7.90. The molecule has 0 radical (unpaired) electrons. The van der Waals surface area contributed by atoms with Gasteiger partial charge < -0.3 is 9.84 Å². The summed E-state index contributed by atoms with van der Waals surface area (Å²) in [5, 5.41) is 14.5. The maximum atomic E-state index is 10.3. The van der Waals surface area contributed by atoms with Crippen molar-refractivity contribution in [1.29, 1.82) is 0 Å². The highest BCUT2D eigenvalue weighted by atomic mass is 79.9. The van der Waals surface area contributed by atoms with Gasteiger partial charge in [-0.15, -0.1) is 0 Å². The molecule has 0 saturated carbocycles. The molecule has 1 N–H and O–H groups in total. The Kier molecular flexibility index (Phi) is 5.20.